The lowest BCUT2D eigenvalue weighted by Gasteiger charge is -2.07. The van der Waals surface area contributed by atoms with Crippen LogP contribution in [0.3, 0.4) is 0 Å². The number of amides is 1. The van der Waals surface area contributed by atoms with Gasteiger partial charge in [0.05, 0.1) is 11.5 Å². The predicted molar refractivity (Wildman–Crippen MR) is 114 cm³/mol. The molecule has 1 N–H and O–H groups in total. The van der Waals surface area contributed by atoms with Crippen molar-refractivity contribution in [2.45, 2.75) is 25.5 Å². The number of carbonyl (C=O) groups excluding carboxylic acids is 1. The highest BCUT2D eigenvalue weighted by atomic mass is 35.5. The molecule has 1 aromatic heterocycles. The van der Waals surface area contributed by atoms with Gasteiger partial charge in [0.2, 0.25) is 0 Å². The number of thioether (sulfide) groups is 1. The van der Waals surface area contributed by atoms with E-state index in [1.54, 1.807) is 12.1 Å². The first kappa shape index (κ1) is 20.1. The van der Waals surface area contributed by atoms with Crippen molar-refractivity contribution in [3.05, 3.63) is 65.2 Å². The first-order valence-electron chi connectivity index (χ1n) is 8.79. The van der Waals surface area contributed by atoms with Crippen LogP contribution in [0.2, 0.25) is 5.02 Å². The standard InChI is InChI=1S/C20H20ClN5OS/c1-3-26-19(16-7-5-4-6-8-16)24-25-20(26)28-13-18(27)23-22-14(2)15-9-11-17(21)12-10-15/h4-12H,3,13H2,1-2H3,(H,23,27). The van der Waals surface area contributed by atoms with Crippen LogP contribution >= 0.6 is 23.4 Å². The van der Waals surface area contributed by atoms with E-state index in [-0.39, 0.29) is 11.7 Å². The molecule has 0 saturated heterocycles. The topological polar surface area (TPSA) is 72.2 Å². The van der Waals surface area contributed by atoms with Crippen LogP contribution in [0.25, 0.3) is 11.4 Å². The molecule has 0 saturated carbocycles. The molecule has 0 radical (unpaired) electrons. The molecule has 1 heterocycles. The second-order valence-electron chi connectivity index (χ2n) is 5.94. The molecule has 28 heavy (non-hydrogen) atoms. The van der Waals surface area contributed by atoms with Crippen LogP contribution in [0, 0.1) is 0 Å². The average molecular weight is 414 g/mol. The van der Waals surface area contributed by atoms with Crippen LogP contribution < -0.4 is 5.43 Å². The number of aromatic nitrogens is 3. The Kier molecular flexibility index (Phi) is 6.84. The maximum absolute atomic E-state index is 12.2. The second kappa shape index (κ2) is 9.52. The summed E-state index contributed by atoms with van der Waals surface area (Å²) >= 11 is 7.22. The Morgan fingerprint density at radius 3 is 2.54 bits per heavy atom. The van der Waals surface area contributed by atoms with Crippen LogP contribution in [0.5, 0.6) is 0 Å². The molecule has 0 aliphatic carbocycles. The zero-order valence-electron chi connectivity index (χ0n) is 15.6. The van der Waals surface area contributed by atoms with Crippen molar-refractivity contribution in [2.75, 3.05) is 5.75 Å². The minimum absolute atomic E-state index is 0.199. The Morgan fingerprint density at radius 1 is 1.14 bits per heavy atom. The molecule has 0 aliphatic rings. The Balaban J connectivity index is 1.61. The van der Waals surface area contributed by atoms with Crippen molar-refractivity contribution in [1.29, 1.82) is 0 Å². The summed E-state index contributed by atoms with van der Waals surface area (Å²) in [5.74, 6) is 0.789. The Labute approximate surface area is 173 Å². The molecule has 0 aliphatic heterocycles. The second-order valence-corrected chi connectivity index (χ2v) is 7.32. The molecule has 0 unspecified atom stereocenters. The van der Waals surface area contributed by atoms with Crippen molar-refractivity contribution in [1.82, 2.24) is 20.2 Å². The van der Waals surface area contributed by atoms with E-state index in [0.717, 1.165) is 23.5 Å². The van der Waals surface area contributed by atoms with Gasteiger partial charge in [0.1, 0.15) is 0 Å². The summed E-state index contributed by atoms with van der Waals surface area (Å²) in [5, 5.41) is 14.0. The zero-order chi connectivity index (χ0) is 19.9. The summed E-state index contributed by atoms with van der Waals surface area (Å²) in [6.07, 6.45) is 0. The van der Waals surface area contributed by atoms with E-state index in [2.05, 4.69) is 20.7 Å². The van der Waals surface area contributed by atoms with Crippen molar-refractivity contribution < 1.29 is 4.79 Å². The molecular formula is C20H20ClN5OS. The number of nitrogens with zero attached hydrogens (tertiary/aromatic N) is 4. The maximum atomic E-state index is 12.2. The van der Waals surface area contributed by atoms with E-state index in [0.29, 0.717) is 15.9 Å². The van der Waals surface area contributed by atoms with E-state index in [4.69, 9.17) is 11.6 Å². The normalized spacial score (nSPS) is 11.5. The highest BCUT2D eigenvalue weighted by molar-refractivity contribution is 7.99. The number of carbonyl (C=O) groups is 1. The SMILES string of the molecule is CCn1c(SCC(=O)NN=C(C)c2ccc(Cl)cc2)nnc1-c1ccccc1. The Bertz CT molecular complexity index is 970. The largest absolute Gasteiger partial charge is 0.302 e. The van der Waals surface area contributed by atoms with Crippen LogP contribution in [0.1, 0.15) is 19.4 Å². The molecule has 6 nitrogen and oxygen atoms in total. The molecule has 0 fully saturated rings. The zero-order valence-corrected chi connectivity index (χ0v) is 17.2. The number of rotatable bonds is 7. The van der Waals surface area contributed by atoms with E-state index in [9.17, 15) is 4.79 Å². The first-order chi connectivity index (χ1) is 13.6. The van der Waals surface area contributed by atoms with Gasteiger partial charge in [-0.15, -0.1) is 10.2 Å². The summed E-state index contributed by atoms with van der Waals surface area (Å²) in [7, 11) is 0. The molecule has 144 valence electrons. The van der Waals surface area contributed by atoms with Gasteiger partial charge in [0, 0.05) is 17.1 Å². The van der Waals surface area contributed by atoms with E-state index in [1.807, 2.05) is 60.9 Å². The third-order valence-corrected chi connectivity index (χ3v) is 5.23. The van der Waals surface area contributed by atoms with Crippen LogP contribution in [-0.2, 0) is 11.3 Å². The van der Waals surface area contributed by atoms with Crippen molar-refractivity contribution in [3.63, 3.8) is 0 Å². The van der Waals surface area contributed by atoms with Gasteiger partial charge in [-0.2, -0.15) is 5.10 Å². The fourth-order valence-electron chi connectivity index (χ4n) is 2.55. The quantitative estimate of drug-likeness (QED) is 0.357. The highest BCUT2D eigenvalue weighted by Gasteiger charge is 2.14. The maximum Gasteiger partial charge on any atom is 0.250 e. The summed E-state index contributed by atoms with van der Waals surface area (Å²) in [4.78, 5) is 12.2. The van der Waals surface area contributed by atoms with E-state index >= 15 is 0 Å². The number of hydrazone groups is 1. The predicted octanol–water partition coefficient (Wildman–Crippen LogP) is 4.25. The summed E-state index contributed by atoms with van der Waals surface area (Å²) in [6, 6.07) is 17.2. The highest BCUT2D eigenvalue weighted by Crippen LogP contribution is 2.23. The van der Waals surface area contributed by atoms with Gasteiger partial charge in [-0.25, -0.2) is 5.43 Å². The number of halogens is 1. The van der Waals surface area contributed by atoms with Gasteiger partial charge >= 0.3 is 0 Å². The fraction of sp³-hybridized carbons (Fsp3) is 0.200. The third-order valence-electron chi connectivity index (χ3n) is 4.01. The van der Waals surface area contributed by atoms with Gasteiger partial charge in [-0.3, -0.25) is 4.79 Å². The monoisotopic (exact) mass is 413 g/mol. The van der Waals surface area contributed by atoms with Gasteiger partial charge in [0.25, 0.3) is 5.91 Å². The number of benzene rings is 2. The fourth-order valence-corrected chi connectivity index (χ4v) is 3.47. The third kappa shape index (κ3) is 4.99. The molecule has 1 amide bonds. The molecule has 3 aromatic rings. The number of hydrogen-bond acceptors (Lipinski definition) is 5. The van der Waals surface area contributed by atoms with Gasteiger partial charge in [-0.05, 0) is 31.5 Å². The van der Waals surface area contributed by atoms with E-state index < -0.39 is 0 Å². The molecule has 8 heteroatoms. The minimum atomic E-state index is -0.203. The average Bonchev–Trinajstić information content (AvgIpc) is 3.14. The summed E-state index contributed by atoms with van der Waals surface area (Å²) in [6.45, 7) is 4.57. The Hall–Kier alpha value is -2.64. The first-order valence-corrected chi connectivity index (χ1v) is 10.2. The van der Waals surface area contributed by atoms with E-state index in [1.165, 1.54) is 11.8 Å². The Morgan fingerprint density at radius 2 is 1.86 bits per heavy atom. The van der Waals surface area contributed by atoms with Gasteiger partial charge in [0.15, 0.2) is 11.0 Å². The van der Waals surface area contributed by atoms with Gasteiger partial charge in [-0.1, -0.05) is 65.8 Å². The number of hydrogen-bond donors (Lipinski definition) is 1. The molecule has 3 rings (SSSR count). The van der Waals surface area contributed by atoms with Crippen LogP contribution in [0.15, 0.2) is 64.9 Å². The molecule has 0 spiro atoms. The molecule has 0 bridgehead atoms. The van der Waals surface area contributed by atoms with Gasteiger partial charge < -0.3 is 4.57 Å². The van der Waals surface area contributed by atoms with Crippen LogP contribution in [0.4, 0.5) is 0 Å². The van der Waals surface area contributed by atoms with Crippen LogP contribution in [-0.4, -0.2) is 32.1 Å². The van der Waals surface area contributed by atoms with Crippen molar-refractivity contribution >= 4 is 35.0 Å². The lowest BCUT2D eigenvalue weighted by atomic mass is 10.1. The summed E-state index contributed by atoms with van der Waals surface area (Å²) in [5.41, 5.74) is 5.18. The smallest absolute Gasteiger partial charge is 0.250 e. The van der Waals surface area contributed by atoms with Crippen molar-refractivity contribution in [3.8, 4) is 11.4 Å². The lowest BCUT2D eigenvalue weighted by molar-refractivity contribution is -0.118. The summed E-state index contributed by atoms with van der Waals surface area (Å²) < 4.78 is 2.00. The molecule has 0 atom stereocenters. The molecule has 2 aromatic carbocycles. The lowest BCUT2D eigenvalue weighted by Crippen LogP contribution is -2.21. The van der Waals surface area contributed by atoms with Crippen molar-refractivity contribution in [2.24, 2.45) is 5.10 Å². The minimum Gasteiger partial charge on any atom is -0.302 e. The molecular weight excluding hydrogens is 394 g/mol. The number of nitrogens with one attached hydrogen (secondary N) is 1.